The first kappa shape index (κ1) is 38.5. The first-order valence-corrected chi connectivity index (χ1v) is 20.5. The Balaban J connectivity index is 1.57. The van der Waals surface area contributed by atoms with Crippen molar-refractivity contribution >= 4 is 62.5 Å². The number of anilines is 1. The van der Waals surface area contributed by atoms with Crippen LogP contribution in [0, 0.1) is 0 Å². The van der Waals surface area contributed by atoms with Crippen molar-refractivity contribution in [1.29, 1.82) is 0 Å². The summed E-state index contributed by atoms with van der Waals surface area (Å²) in [5, 5.41) is 3.88. The molecule has 1 aliphatic carbocycles. The van der Waals surface area contributed by atoms with Crippen LogP contribution in [0.15, 0.2) is 107 Å². The number of carbonyl (C=O) groups excluding carboxylic acids is 2. The molecular weight excluding hydrogens is 725 g/mol. The molecule has 0 aliphatic heterocycles. The number of amides is 2. The predicted octanol–water partition coefficient (Wildman–Crippen LogP) is 8.40. The van der Waals surface area contributed by atoms with Gasteiger partial charge in [0.2, 0.25) is 11.8 Å². The first-order valence-electron chi connectivity index (χ1n) is 17.1. The lowest BCUT2D eigenvalue weighted by atomic mass is 9.94. The number of nitrogens with zero attached hydrogens (tertiary/aromatic N) is 2. The van der Waals surface area contributed by atoms with E-state index in [0.29, 0.717) is 28.0 Å². The summed E-state index contributed by atoms with van der Waals surface area (Å²) < 4.78 is 35.5. The molecule has 0 aromatic heterocycles. The van der Waals surface area contributed by atoms with Gasteiger partial charge in [0.15, 0.2) is 0 Å². The number of ether oxygens (including phenoxy) is 1. The molecule has 2 amide bonds. The number of nitrogens with one attached hydrogen (secondary N) is 1. The highest BCUT2D eigenvalue weighted by atomic mass is 35.5. The van der Waals surface area contributed by atoms with Gasteiger partial charge in [-0.2, -0.15) is 0 Å². The molecule has 0 heterocycles. The number of carbonyl (C=O) groups is 2. The number of rotatable bonds is 15. The van der Waals surface area contributed by atoms with Crippen molar-refractivity contribution in [3.63, 3.8) is 0 Å². The van der Waals surface area contributed by atoms with Gasteiger partial charge in [0.05, 0.1) is 27.2 Å². The molecule has 4 aromatic carbocycles. The first-order chi connectivity index (χ1) is 24.6. The van der Waals surface area contributed by atoms with Gasteiger partial charge < -0.3 is 15.0 Å². The normalized spacial score (nSPS) is 14.0. The smallest absolute Gasteiger partial charge is 0.264 e. The molecule has 1 atom stereocenters. The summed E-state index contributed by atoms with van der Waals surface area (Å²) >= 11 is 14.2. The van der Waals surface area contributed by atoms with E-state index in [4.69, 9.17) is 27.9 Å². The maximum atomic E-state index is 14.8. The van der Waals surface area contributed by atoms with Gasteiger partial charge >= 0.3 is 0 Å². The second-order valence-corrected chi connectivity index (χ2v) is 16.0. The second-order valence-electron chi connectivity index (χ2n) is 12.4. The van der Waals surface area contributed by atoms with Crippen LogP contribution in [-0.2, 0) is 32.6 Å². The summed E-state index contributed by atoms with van der Waals surface area (Å²) in [4.78, 5) is 31.5. The fraction of sp³-hybridized carbons (Fsp3) is 0.333. The molecule has 0 saturated heterocycles. The summed E-state index contributed by atoms with van der Waals surface area (Å²) in [6.45, 7) is 1.73. The number of hydrogen-bond donors (Lipinski definition) is 1. The zero-order valence-electron chi connectivity index (χ0n) is 28.8. The van der Waals surface area contributed by atoms with Crippen molar-refractivity contribution in [3.05, 3.63) is 118 Å². The minimum Gasteiger partial charge on any atom is -0.494 e. The van der Waals surface area contributed by atoms with Crippen molar-refractivity contribution in [3.8, 4) is 5.75 Å². The Hall–Kier alpha value is -3.70. The van der Waals surface area contributed by atoms with Crippen LogP contribution in [0.5, 0.6) is 5.75 Å². The van der Waals surface area contributed by atoms with Crippen LogP contribution < -0.4 is 14.4 Å². The van der Waals surface area contributed by atoms with E-state index in [2.05, 4.69) is 5.32 Å². The molecule has 12 heteroatoms. The lowest BCUT2D eigenvalue weighted by molar-refractivity contribution is -0.140. The predicted molar refractivity (Wildman–Crippen MR) is 206 cm³/mol. The molecule has 0 bridgehead atoms. The van der Waals surface area contributed by atoms with Gasteiger partial charge in [-0.15, -0.1) is 11.8 Å². The molecule has 1 aliphatic rings. The number of hydrogen-bond acceptors (Lipinski definition) is 6. The van der Waals surface area contributed by atoms with Gasteiger partial charge in [-0.05, 0) is 97.8 Å². The SMILES string of the molecule is CCOc1ccc(N(CC(=O)N(Cc2ccc(Cl)c(Cl)c2)C(Cc2ccccc2)C(=O)NC2CCCCC2)S(=O)(=O)c2ccc(SC)cc2)cc1. The van der Waals surface area contributed by atoms with Gasteiger partial charge in [-0.25, -0.2) is 8.42 Å². The molecular formula is C39H43Cl2N3O5S2. The van der Waals surface area contributed by atoms with Gasteiger partial charge in [-0.3, -0.25) is 13.9 Å². The fourth-order valence-electron chi connectivity index (χ4n) is 6.21. The van der Waals surface area contributed by atoms with Gasteiger partial charge in [0.1, 0.15) is 18.3 Å². The minimum absolute atomic E-state index is 0.00330. The number of thioether (sulfide) groups is 1. The van der Waals surface area contributed by atoms with Crippen LogP contribution in [0.1, 0.15) is 50.2 Å². The Bertz CT molecular complexity index is 1870. The lowest BCUT2D eigenvalue weighted by Gasteiger charge is -2.35. The largest absolute Gasteiger partial charge is 0.494 e. The molecule has 1 fully saturated rings. The van der Waals surface area contributed by atoms with Gasteiger partial charge in [0.25, 0.3) is 10.0 Å². The Labute approximate surface area is 315 Å². The Morgan fingerprint density at radius 2 is 1.57 bits per heavy atom. The summed E-state index contributed by atoms with van der Waals surface area (Å²) in [5.74, 6) is -0.279. The molecule has 1 N–H and O–H groups in total. The number of halogens is 2. The number of sulfonamides is 1. The molecule has 1 unspecified atom stereocenters. The summed E-state index contributed by atoms with van der Waals surface area (Å²) in [6, 6.07) is 26.7. The van der Waals surface area contributed by atoms with E-state index in [0.717, 1.165) is 46.9 Å². The average molecular weight is 769 g/mol. The maximum Gasteiger partial charge on any atom is 0.264 e. The van der Waals surface area contributed by atoms with Crippen molar-refractivity contribution in [1.82, 2.24) is 10.2 Å². The standard InChI is InChI=1S/C39H43Cl2N3O5S2/c1-3-49-32-17-15-31(16-18-32)44(51(47,48)34-21-19-33(50-2)20-22-34)27-38(45)43(26-29-14-23-35(40)36(41)24-29)37(25-28-10-6-4-7-11-28)39(46)42-30-12-8-5-9-13-30/h4,6-7,10-11,14-24,30,37H,3,5,8-9,12-13,25-27H2,1-2H3,(H,42,46). The third-order valence-electron chi connectivity index (χ3n) is 8.92. The fourth-order valence-corrected chi connectivity index (χ4v) is 8.35. The maximum absolute atomic E-state index is 14.8. The Morgan fingerprint density at radius 3 is 2.20 bits per heavy atom. The van der Waals surface area contributed by atoms with Gasteiger partial charge in [-0.1, -0.05) is 78.9 Å². The zero-order valence-corrected chi connectivity index (χ0v) is 31.9. The molecule has 8 nitrogen and oxygen atoms in total. The van der Waals surface area contributed by atoms with E-state index in [1.54, 1.807) is 54.6 Å². The molecule has 5 rings (SSSR count). The molecule has 4 aromatic rings. The number of benzene rings is 4. The second kappa shape index (κ2) is 18.2. The van der Waals surface area contributed by atoms with E-state index in [1.807, 2.05) is 43.5 Å². The highest BCUT2D eigenvalue weighted by Gasteiger charge is 2.35. The van der Waals surface area contributed by atoms with E-state index in [9.17, 15) is 18.0 Å². The molecule has 0 spiro atoms. The quantitative estimate of drug-likeness (QED) is 0.122. The summed E-state index contributed by atoms with van der Waals surface area (Å²) in [7, 11) is -4.25. The Kier molecular flexibility index (Phi) is 13.7. The van der Waals surface area contributed by atoms with E-state index in [1.165, 1.54) is 28.8 Å². The van der Waals surface area contributed by atoms with Crippen LogP contribution in [0.4, 0.5) is 5.69 Å². The summed E-state index contributed by atoms with van der Waals surface area (Å²) in [5.41, 5.74) is 1.78. The molecule has 51 heavy (non-hydrogen) atoms. The van der Waals surface area contributed by atoms with Crippen LogP contribution in [0.3, 0.4) is 0 Å². The van der Waals surface area contributed by atoms with Crippen molar-refractivity contribution < 1.29 is 22.7 Å². The van der Waals surface area contributed by atoms with Gasteiger partial charge in [0, 0.05) is 23.9 Å². The van der Waals surface area contributed by atoms with E-state index < -0.39 is 28.5 Å². The average Bonchev–Trinajstić information content (AvgIpc) is 3.14. The highest BCUT2D eigenvalue weighted by Crippen LogP contribution is 2.29. The van der Waals surface area contributed by atoms with Crippen molar-refractivity contribution in [2.75, 3.05) is 23.7 Å². The summed E-state index contributed by atoms with van der Waals surface area (Å²) in [6.07, 6.45) is 7.02. The zero-order chi connectivity index (χ0) is 36.4. The van der Waals surface area contributed by atoms with Crippen molar-refractivity contribution in [2.24, 2.45) is 0 Å². The molecule has 270 valence electrons. The minimum atomic E-state index is -4.25. The molecule has 1 saturated carbocycles. The van der Waals surface area contributed by atoms with E-state index >= 15 is 0 Å². The molecule has 0 radical (unpaired) electrons. The third-order valence-corrected chi connectivity index (χ3v) is 12.2. The van der Waals surface area contributed by atoms with Crippen LogP contribution in [-0.4, -0.2) is 56.6 Å². The highest BCUT2D eigenvalue weighted by molar-refractivity contribution is 7.98. The lowest BCUT2D eigenvalue weighted by Crippen LogP contribution is -2.55. The van der Waals surface area contributed by atoms with Crippen molar-refractivity contribution in [2.45, 2.75) is 73.9 Å². The monoisotopic (exact) mass is 767 g/mol. The topological polar surface area (TPSA) is 96.0 Å². The Morgan fingerprint density at radius 1 is 0.882 bits per heavy atom. The van der Waals surface area contributed by atoms with E-state index in [-0.39, 0.29) is 35.5 Å². The van der Waals surface area contributed by atoms with Crippen LogP contribution >= 0.6 is 35.0 Å². The van der Waals surface area contributed by atoms with Crippen LogP contribution in [0.2, 0.25) is 10.0 Å². The van der Waals surface area contributed by atoms with Crippen LogP contribution in [0.25, 0.3) is 0 Å². The third kappa shape index (κ3) is 10.2.